The third-order valence-corrected chi connectivity index (χ3v) is 5.80. The maximum Gasteiger partial charge on any atom is 0.275 e. The van der Waals surface area contributed by atoms with Gasteiger partial charge in [-0.15, -0.1) is 0 Å². The van der Waals surface area contributed by atoms with E-state index >= 15 is 0 Å². The molecule has 0 heterocycles. The number of hydrogen-bond acceptors (Lipinski definition) is 5. The van der Waals surface area contributed by atoms with Crippen LogP contribution in [0.25, 0.3) is 10.8 Å². The van der Waals surface area contributed by atoms with E-state index in [0.717, 1.165) is 26.4 Å². The zero-order valence-corrected chi connectivity index (χ0v) is 21.0. The summed E-state index contributed by atoms with van der Waals surface area (Å²) in [7, 11) is 1.54. The highest BCUT2D eigenvalue weighted by Gasteiger charge is 2.13. The zero-order chi connectivity index (χ0) is 24.6. The molecule has 0 saturated carbocycles. The number of benzene rings is 4. The molecule has 6 nitrogen and oxygen atoms in total. The molecule has 0 aliphatic carbocycles. The van der Waals surface area contributed by atoms with Crippen molar-refractivity contribution in [2.45, 2.75) is 13.5 Å². The summed E-state index contributed by atoms with van der Waals surface area (Å²) < 4.78 is 18.1. The SMILES string of the molecule is CCOc1cc(/C=N\NC(=O)c2cc3ccccc3cc2OC)ccc1OCc1ccc(Br)cc1. The van der Waals surface area contributed by atoms with Gasteiger partial charge in [0.1, 0.15) is 12.4 Å². The molecular formula is C28H25BrN2O4. The van der Waals surface area contributed by atoms with E-state index in [0.29, 0.717) is 36.0 Å². The smallest absolute Gasteiger partial charge is 0.275 e. The van der Waals surface area contributed by atoms with Crippen molar-refractivity contribution >= 4 is 38.8 Å². The van der Waals surface area contributed by atoms with E-state index < -0.39 is 0 Å². The van der Waals surface area contributed by atoms with Crippen molar-refractivity contribution in [3.05, 3.63) is 100 Å². The van der Waals surface area contributed by atoms with Crippen LogP contribution in [0.2, 0.25) is 0 Å². The van der Waals surface area contributed by atoms with Gasteiger partial charge in [0.25, 0.3) is 5.91 Å². The van der Waals surface area contributed by atoms with Crippen LogP contribution in [-0.2, 0) is 6.61 Å². The third kappa shape index (κ3) is 6.19. The molecule has 7 heteroatoms. The van der Waals surface area contributed by atoms with Crippen molar-refractivity contribution < 1.29 is 19.0 Å². The molecule has 178 valence electrons. The van der Waals surface area contributed by atoms with E-state index in [9.17, 15) is 4.79 Å². The van der Waals surface area contributed by atoms with Crippen molar-refractivity contribution in [1.82, 2.24) is 5.43 Å². The lowest BCUT2D eigenvalue weighted by Crippen LogP contribution is -2.18. The van der Waals surface area contributed by atoms with Crippen LogP contribution in [-0.4, -0.2) is 25.8 Å². The fourth-order valence-corrected chi connectivity index (χ4v) is 3.79. The number of methoxy groups -OCH3 is 1. The van der Waals surface area contributed by atoms with Gasteiger partial charge in [-0.3, -0.25) is 4.79 Å². The van der Waals surface area contributed by atoms with Gasteiger partial charge in [0.2, 0.25) is 0 Å². The quantitative estimate of drug-likeness (QED) is 0.201. The predicted molar refractivity (Wildman–Crippen MR) is 142 cm³/mol. The van der Waals surface area contributed by atoms with Gasteiger partial charge in [-0.1, -0.05) is 52.3 Å². The summed E-state index contributed by atoms with van der Waals surface area (Å²) >= 11 is 3.44. The summed E-state index contributed by atoms with van der Waals surface area (Å²) in [5, 5.41) is 6.07. The van der Waals surface area contributed by atoms with Crippen molar-refractivity contribution in [3.63, 3.8) is 0 Å². The number of carbonyl (C=O) groups is 1. The lowest BCUT2D eigenvalue weighted by Gasteiger charge is -2.13. The van der Waals surface area contributed by atoms with Gasteiger partial charge >= 0.3 is 0 Å². The van der Waals surface area contributed by atoms with E-state index in [1.165, 1.54) is 0 Å². The summed E-state index contributed by atoms with van der Waals surface area (Å²) in [6.07, 6.45) is 1.56. The van der Waals surface area contributed by atoms with E-state index in [4.69, 9.17) is 14.2 Å². The average molecular weight is 533 g/mol. The van der Waals surface area contributed by atoms with Crippen LogP contribution in [0, 0.1) is 0 Å². The Bertz CT molecular complexity index is 1350. The number of rotatable bonds is 9. The first-order chi connectivity index (χ1) is 17.1. The van der Waals surface area contributed by atoms with Crippen LogP contribution in [0.4, 0.5) is 0 Å². The molecule has 4 aromatic carbocycles. The molecule has 1 N–H and O–H groups in total. The van der Waals surface area contributed by atoms with Crippen molar-refractivity contribution in [1.29, 1.82) is 0 Å². The minimum absolute atomic E-state index is 0.358. The number of amides is 1. The second-order valence-corrected chi connectivity index (χ2v) is 8.57. The Morgan fingerprint density at radius 3 is 2.37 bits per heavy atom. The standard InChI is InChI=1S/C28H25BrN2O4/c1-3-34-27-14-20(10-13-25(27)35-18-19-8-11-23(29)12-9-19)17-30-31-28(32)24-15-21-6-4-5-7-22(21)16-26(24)33-2/h4-17H,3,18H2,1-2H3,(H,31,32)/b30-17-. The second-order valence-electron chi connectivity index (χ2n) is 7.65. The molecule has 4 aromatic rings. The van der Waals surface area contributed by atoms with Gasteiger partial charge in [-0.05, 0) is 71.3 Å². The van der Waals surface area contributed by atoms with Crippen molar-refractivity contribution in [2.75, 3.05) is 13.7 Å². The molecule has 0 spiro atoms. The summed E-state index contributed by atoms with van der Waals surface area (Å²) in [6, 6.07) is 24.9. The molecule has 0 aliphatic heterocycles. The van der Waals surface area contributed by atoms with Gasteiger partial charge in [0, 0.05) is 4.47 Å². The highest BCUT2D eigenvalue weighted by atomic mass is 79.9. The summed E-state index contributed by atoms with van der Waals surface area (Å²) in [5.41, 5.74) is 4.80. The van der Waals surface area contributed by atoms with Gasteiger partial charge in [-0.2, -0.15) is 5.10 Å². The van der Waals surface area contributed by atoms with Gasteiger partial charge in [-0.25, -0.2) is 5.43 Å². The summed E-state index contributed by atoms with van der Waals surface area (Å²) in [6.45, 7) is 2.83. The number of hydrazone groups is 1. The van der Waals surface area contributed by atoms with E-state index in [-0.39, 0.29) is 5.91 Å². The topological polar surface area (TPSA) is 69.2 Å². The number of halogens is 1. The number of fused-ring (bicyclic) bond motifs is 1. The lowest BCUT2D eigenvalue weighted by atomic mass is 10.1. The first-order valence-corrected chi connectivity index (χ1v) is 11.9. The molecular weight excluding hydrogens is 508 g/mol. The summed E-state index contributed by atoms with van der Waals surface area (Å²) in [5.74, 6) is 1.37. The Morgan fingerprint density at radius 2 is 1.66 bits per heavy atom. The van der Waals surface area contributed by atoms with Crippen LogP contribution in [0.15, 0.2) is 88.4 Å². The fourth-order valence-electron chi connectivity index (χ4n) is 3.53. The van der Waals surface area contributed by atoms with Gasteiger partial charge in [0.05, 0.1) is 25.5 Å². The van der Waals surface area contributed by atoms with Crippen molar-refractivity contribution in [3.8, 4) is 17.2 Å². The molecule has 0 atom stereocenters. The van der Waals surface area contributed by atoms with Crippen LogP contribution in [0.3, 0.4) is 0 Å². The zero-order valence-electron chi connectivity index (χ0n) is 19.5. The normalized spacial score (nSPS) is 10.9. The minimum Gasteiger partial charge on any atom is -0.496 e. The number of nitrogens with one attached hydrogen (secondary N) is 1. The van der Waals surface area contributed by atoms with Crippen LogP contribution in [0.1, 0.15) is 28.4 Å². The van der Waals surface area contributed by atoms with Gasteiger partial charge < -0.3 is 14.2 Å². The molecule has 0 aromatic heterocycles. The Hall–Kier alpha value is -3.84. The first kappa shape index (κ1) is 24.3. The molecule has 1 amide bonds. The highest BCUT2D eigenvalue weighted by Crippen LogP contribution is 2.29. The lowest BCUT2D eigenvalue weighted by molar-refractivity contribution is 0.0952. The molecule has 0 aliphatic rings. The Labute approximate surface area is 212 Å². The Kier molecular flexibility index (Phi) is 8.00. The number of nitrogens with zero attached hydrogens (tertiary/aromatic N) is 1. The van der Waals surface area contributed by atoms with Crippen LogP contribution < -0.4 is 19.6 Å². The molecule has 0 radical (unpaired) electrons. The average Bonchev–Trinajstić information content (AvgIpc) is 2.88. The molecule has 0 unspecified atom stereocenters. The Morgan fingerprint density at radius 1 is 0.914 bits per heavy atom. The molecule has 4 rings (SSSR count). The molecule has 0 saturated heterocycles. The molecule has 0 bridgehead atoms. The van der Waals surface area contributed by atoms with Crippen molar-refractivity contribution in [2.24, 2.45) is 5.10 Å². The fraction of sp³-hybridized carbons (Fsp3) is 0.143. The van der Waals surface area contributed by atoms with E-state index in [1.54, 1.807) is 19.4 Å². The minimum atomic E-state index is -0.358. The number of carbonyl (C=O) groups excluding carboxylic acids is 1. The third-order valence-electron chi connectivity index (χ3n) is 5.27. The molecule has 0 fully saturated rings. The maximum absolute atomic E-state index is 12.8. The largest absolute Gasteiger partial charge is 0.496 e. The first-order valence-electron chi connectivity index (χ1n) is 11.1. The van der Waals surface area contributed by atoms with Crippen LogP contribution in [0.5, 0.6) is 17.2 Å². The van der Waals surface area contributed by atoms with E-state index in [1.807, 2.05) is 79.7 Å². The predicted octanol–water partition coefficient (Wildman–Crippen LogP) is 6.35. The van der Waals surface area contributed by atoms with Crippen LogP contribution >= 0.6 is 15.9 Å². The monoisotopic (exact) mass is 532 g/mol. The Balaban J connectivity index is 1.45. The second kappa shape index (κ2) is 11.5. The van der Waals surface area contributed by atoms with Gasteiger partial charge in [0.15, 0.2) is 11.5 Å². The maximum atomic E-state index is 12.8. The number of ether oxygens (including phenoxy) is 3. The molecule has 35 heavy (non-hydrogen) atoms. The highest BCUT2D eigenvalue weighted by molar-refractivity contribution is 9.10. The number of hydrogen-bond donors (Lipinski definition) is 1. The summed E-state index contributed by atoms with van der Waals surface area (Å²) in [4.78, 5) is 12.8. The van der Waals surface area contributed by atoms with E-state index in [2.05, 4.69) is 26.5 Å².